The van der Waals surface area contributed by atoms with Crippen LogP contribution in [0.2, 0.25) is 0 Å². The average molecular weight is 289 g/mol. The first-order chi connectivity index (χ1) is 9.29. The molecule has 0 bridgehead atoms. The van der Waals surface area contributed by atoms with Crippen molar-refractivity contribution in [3.63, 3.8) is 0 Å². The summed E-state index contributed by atoms with van der Waals surface area (Å²) in [5, 5.41) is 3.31. The second-order valence-corrected chi connectivity index (χ2v) is 5.74. The van der Waals surface area contributed by atoms with E-state index in [-0.39, 0.29) is 5.92 Å². The first-order valence-corrected chi connectivity index (χ1v) is 6.89. The lowest BCUT2D eigenvalue weighted by atomic mass is 9.69. The summed E-state index contributed by atoms with van der Waals surface area (Å²) in [6.07, 6.45) is -2.76. The molecule has 0 amide bonds. The number of halogens is 4. The van der Waals surface area contributed by atoms with Gasteiger partial charge in [-0.1, -0.05) is 19.9 Å². The highest BCUT2D eigenvalue weighted by Gasteiger charge is 2.37. The number of alkyl halides is 3. The van der Waals surface area contributed by atoms with Gasteiger partial charge < -0.3 is 5.32 Å². The third kappa shape index (κ3) is 3.32. The van der Waals surface area contributed by atoms with Crippen LogP contribution in [0.4, 0.5) is 17.6 Å². The van der Waals surface area contributed by atoms with Crippen molar-refractivity contribution < 1.29 is 17.6 Å². The molecule has 0 saturated heterocycles. The highest BCUT2D eigenvalue weighted by atomic mass is 19.4. The number of rotatable bonds is 4. The van der Waals surface area contributed by atoms with Crippen LogP contribution in [0.5, 0.6) is 0 Å². The zero-order chi connectivity index (χ0) is 14.9. The minimum atomic E-state index is -4.63. The fourth-order valence-electron chi connectivity index (χ4n) is 2.63. The predicted octanol–water partition coefficient (Wildman–Crippen LogP) is 4.34. The van der Waals surface area contributed by atoms with Crippen molar-refractivity contribution >= 4 is 0 Å². The minimum Gasteiger partial charge on any atom is -0.314 e. The summed E-state index contributed by atoms with van der Waals surface area (Å²) in [7, 11) is 0. The number of hydrogen-bond donors (Lipinski definition) is 1. The lowest BCUT2D eigenvalue weighted by Gasteiger charge is -2.38. The predicted molar refractivity (Wildman–Crippen MR) is 70.0 cm³/mol. The first kappa shape index (κ1) is 15.3. The van der Waals surface area contributed by atoms with Gasteiger partial charge in [-0.25, -0.2) is 4.39 Å². The van der Waals surface area contributed by atoms with E-state index in [0.29, 0.717) is 17.5 Å². The van der Waals surface area contributed by atoms with E-state index in [1.165, 1.54) is 6.07 Å². The first-order valence-electron chi connectivity index (χ1n) is 6.89. The van der Waals surface area contributed by atoms with E-state index in [9.17, 15) is 17.6 Å². The molecule has 1 saturated carbocycles. The maximum absolute atomic E-state index is 13.3. The van der Waals surface area contributed by atoms with Crippen molar-refractivity contribution in [3.8, 4) is 0 Å². The molecule has 112 valence electrons. The van der Waals surface area contributed by atoms with Gasteiger partial charge in [0.05, 0.1) is 5.56 Å². The molecule has 1 aromatic rings. The van der Waals surface area contributed by atoms with Gasteiger partial charge in [-0.05, 0) is 48.9 Å². The molecule has 0 heterocycles. The van der Waals surface area contributed by atoms with Crippen LogP contribution in [0.25, 0.3) is 0 Å². The van der Waals surface area contributed by atoms with Crippen LogP contribution in [0, 0.1) is 11.7 Å². The van der Waals surface area contributed by atoms with Gasteiger partial charge in [0.15, 0.2) is 0 Å². The molecule has 1 aromatic carbocycles. The molecule has 2 unspecified atom stereocenters. The fraction of sp³-hybridized carbons (Fsp3) is 0.600. The Labute approximate surface area is 116 Å². The molecular formula is C15H19F4N. The molecule has 0 aromatic heterocycles. The Balaban J connectivity index is 2.13. The van der Waals surface area contributed by atoms with E-state index >= 15 is 0 Å². The maximum atomic E-state index is 13.3. The van der Waals surface area contributed by atoms with E-state index in [1.54, 1.807) is 0 Å². The summed E-state index contributed by atoms with van der Waals surface area (Å²) in [6.45, 7) is 4.86. The Kier molecular flexibility index (Phi) is 4.37. The fourth-order valence-corrected chi connectivity index (χ4v) is 2.63. The molecule has 2 rings (SSSR count). The molecule has 1 fully saturated rings. The number of nitrogens with one attached hydrogen (secondary N) is 1. The van der Waals surface area contributed by atoms with Gasteiger partial charge in [0.25, 0.3) is 0 Å². The van der Waals surface area contributed by atoms with Crippen LogP contribution in [0.3, 0.4) is 0 Å². The molecule has 5 heteroatoms. The molecule has 2 atom stereocenters. The van der Waals surface area contributed by atoms with Crippen molar-refractivity contribution in [2.75, 3.05) is 6.54 Å². The molecule has 20 heavy (non-hydrogen) atoms. The van der Waals surface area contributed by atoms with Gasteiger partial charge in [0.2, 0.25) is 0 Å². The lowest BCUT2D eigenvalue weighted by Crippen LogP contribution is -2.36. The zero-order valence-electron chi connectivity index (χ0n) is 11.6. The van der Waals surface area contributed by atoms with Crippen LogP contribution in [-0.4, -0.2) is 12.6 Å². The zero-order valence-corrected chi connectivity index (χ0v) is 11.6. The monoisotopic (exact) mass is 289 g/mol. The summed E-state index contributed by atoms with van der Waals surface area (Å²) in [6, 6.07) is 3.75. The smallest absolute Gasteiger partial charge is 0.314 e. The second-order valence-electron chi connectivity index (χ2n) is 5.74. The highest BCUT2D eigenvalue weighted by molar-refractivity contribution is 5.31. The van der Waals surface area contributed by atoms with E-state index in [1.807, 2.05) is 13.8 Å². The Hall–Kier alpha value is -1.10. The summed E-state index contributed by atoms with van der Waals surface area (Å²) in [5.74, 6) is -0.760. The third-order valence-corrected chi connectivity index (χ3v) is 3.93. The molecule has 0 radical (unpaired) electrons. The molecule has 1 aliphatic rings. The summed E-state index contributed by atoms with van der Waals surface area (Å²) in [5.41, 5.74) is -0.557. The normalized spacial score (nSPS) is 22.9. The Bertz CT molecular complexity index is 467. The second kappa shape index (κ2) is 5.72. The number of hydrogen-bond acceptors (Lipinski definition) is 1. The van der Waals surface area contributed by atoms with Crippen LogP contribution >= 0.6 is 0 Å². The van der Waals surface area contributed by atoms with Crippen LogP contribution in [-0.2, 0) is 6.18 Å². The lowest BCUT2D eigenvalue weighted by molar-refractivity contribution is -0.140. The van der Waals surface area contributed by atoms with E-state index in [4.69, 9.17) is 0 Å². The molecule has 1 N–H and O–H groups in total. The van der Waals surface area contributed by atoms with Gasteiger partial charge in [-0.15, -0.1) is 0 Å². The Morgan fingerprint density at radius 3 is 2.45 bits per heavy atom. The van der Waals surface area contributed by atoms with E-state index < -0.39 is 17.6 Å². The Morgan fingerprint density at radius 1 is 1.25 bits per heavy atom. The van der Waals surface area contributed by atoms with Crippen LogP contribution < -0.4 is 5.32 Å². The molecule has 1 aliphatic carbocycles. The minimum absolute atomic E-state index is 0.1000. The van der Waals surface area contributed by atoms with Gasteiger partial charge in [0.1, 0.15) is 5.82 Å². The van der Waals surface area contributed by atoms with Gasteiger partial charge in [-0.2, -0.15) is 13.2 Å². The average Bonchev–Trinajstić information content (AvgIpc) is 2.28. The maximum Gasteiger partial charge on any atom is 0.419 e. The summed E-state index contributed by atoms with van der Waals surface area (Å²) >= 11 is 0. The van der Waals surface area contributed by atoms with Gasteiger partial charge >= 0.3 is 6.18 Å². The standard InChI is InChI=1S/C15H19F4N/c1-9(2)20-8-11-3-5-12(11)10-4-6-14(16)13(7-10)15(17,18)19/h4,6-7,9,11-12,20H,3,5,8H2,1-2H3. The van der Waals surface area contributed by atoms with Crippen molar-refractivity contribution in [1.29, 1.82) is 0 Å². The van der Waals surface area contributed by atoms with Crippen LogP contribution in [0.1, 0.15) is 43.7 Å². The molecule has 0 spiro atoms. The molecular weight excluding hydrogens is 270 g/mol. The van der Waals surface area contributed by atoms with Crippen LogP contribution in [0.15, 0.2) is 18.2 Å². The summed E-state index contributed by atoms with van der Waals surface area (Å²) in [4.78, 5) is 0. The molecule has 0 aliphatic heterocycles. The van der Waals surface area contributed by atoms with Crippen molar-refractivity contribution in [1.82, 2.24) is 5.32 Å². The SMILES string of the molecule is CC(C)NCC1CCC1c1ccc(F)c(C(F)(F)F)c1. The van der Waals surface area contributed by atoms with E-state index in [2.05, 4.69) is 5.32 Å². The quantitative estimate of drug-likeness (QED) is 0.813. The van der Waals surface area contributed by atoms with Crippen molar-refractivity contribution in [3.05, 3.63) is 35.1 Å². The van der Waals surface area contributed by atoms with E-state index in [0.717, 1.165) is 31.5 Å². The van der Waals surface area contributed by atoms with Gasteiger partial charge in [0, 0.05) is 6.04 Å². The summed E-state index contributed by atoms with van der Waals surface area (Å²) < 4.78 is 51.4. The van der Waals surface area contributed by atoms with Crippen molar-refractivity contribution in [2.45, 2.75) is 44.8 Å². The number of benzene rings is 1. The van der Waals surface area contributed by atoms with Gasteiger partial charge in [-0.3, -0.25) is 0 Å². The largest absolute Gasteiger partial charge is 0.419 e. The highest BCUT2D eigenvalue weighted by Crippen LogP contribution is 2.43. The molecule has 1 nitrogen and oxygen atoms in total. The Morgan fingerprint density at radius 2 is 1.95 bits per heavy atom. The van der Waals surface area contributed by atoms with Crippen molar-refractivity contribution in [2.24, 2.45) is 5.92 Å². The third-order valence-electron chi connectivity index (χ3n) is 3.93. The topological polar surface area (TPSA) is 12.0 Å².